The third-order valence-electron chi connectivity index (χ3n) is 4.29. The molecule has 3 aromatic rings. The fourth-order valence-electron chi connectivity index (χ4n) is 2.86. The van der Waals surface area contributed by atoms with E-state index in [9.17, 15) is 4.79 Å². The molecule has 2 aromatic heterocycles. The standard InChI is InChI=1S/C19H22N4O.2ClH/c1-23(11-8-14-6-9-21-10-7-14)19(24)17(20)12-15-13-22-18-5-3-2-4-16(15)18;;/h2-7,9-10,13,17,22H,8,11-12,20H2,1H3;2*1H/t17-;;/m0../s1. The van der Waals surface area contributed by atoms with E-state index < -0.39 is 6.04 Å². The van der Waals surface area contributed by atoms with Crippen LogP contribution in [0.3, 0.4) is 0 Å². The van der Waals surface area contributed by atoms with E-state index in [4.69, 9.17) is 5.73 Å². The number of aromatic nitrogens is 2. The Balaban J connectivity index is 0.00000169. The normalized spacial score (nSPS) is 11.3. The molecule has 1 aromatic carbocycles. The first-order valence-corrected chi connectivity index (χ1v) is 8.09. The van der Waals surface area contributed by atoms with Crippen LogP contribution in [-0.2, 0) is 17.6 Å². The van der Waals surface area contributed by atoms with E-state index in [1.54, 1.807) is 24.3 Å². The second-order valence-corrected chi connectivity index (χ2v) is 6.04. The van der Waals surface area contributed by atoms with E-state index in [1.807, 2.05) is 42.6 Å². The fourth-order valence-corrected chi connectivity index (χ4v) is 2.86. The molecule has 26 heavy (non-hydrogen) atoms. The van der Waals surface area contributed by atoms with Crippen molar-refractivity contribution in [2.75, 3.05) is 13.6 Å². The number of hydrogen-bond donors (Lipinski definition) is 2. The Bertz CT molecular complexity index is 823. The maximum Gasteiger partial charge on any atom is 0.239 e. The first-order valence-electron chi connectivity index (χ1n) is 8.09. The Morgan fingerprint density at radius 3 is 2.62 bits per heavy atom. The van der Waals surface area contributed by atoms with Crippen LogP contribution in [0.2, 0.25) is 0 Å². The summed E-state index contributed by atoms with van der Waals surface area (Å²) in [4.78, 5) is 21.4. The molecule has 1 atom stereocenters. The van der Waals surface area contributed by atoms with Crippen LogP contribution in [0.15, 0.2) is 55.0 Å². The highest BCUT2D eigenvalue weighted by Gasteiger charge is 2.19. The predicted molar refractivity (Wildman–Crippen MR) is 110 cm³/mol. The lowest BCUT2D eigenvalue weighted by atomic mass is 10.0. The van der Waals surface area contributed by atoms with Gasteiger partial charge in [0, 0.05) is 43.1 Å². The number of nitrogens with two attached hydrogens (primary N) is 1. The van der Waals surface area contributed by atoms with Crippen LogP contribution < -0.4 is 5.73 Å². The third kappa shape index (κ3) is 5.21. The number of carbonyl (C=O) groups is 1. The average Bonchev–Trinajstić information content (AvgIpc) is 3.03. The Hall–Kier alpha value is -2.08. The number of likely N-dealkylation sites (N-methyl/N-ethyl adjacent to an activating group) is 1. The molecule has 5 nitrogen and oxygen atoms in total. The van der Waals surface area contributed by atoms with Crippen molar-refractivity contribution in [2.24, 2.45) is 5.73 Å². The molecule has 1 amide bonds. The largest absolute Gasteiger partial charge is 0.361 e. The summed E-state index contributed by atoms with van der Waals surface area (Å²) in [5.74, 6) is -0.0330. The second kappa shape index (κ2) is 10.2. The summed E-state index contributed by atoms with van der Waals surface area (Å²) in [5, 5.41) is 1.13. The number of amides is 1. The van der Waals surface area contributed by atoms with Crippen LogP contribution in [0.1, 0.15) is 11.1 Å². The number of benzene rings is 1. The van der Waals surface area contributed by atoms with Gasteiger partial charge >= 0.3 is 0 Å². The van der Waals surface area contributed by atoms with Gasteiger partial charge in [-0.3, -0.25) is 9.78 Å². The van der Waals surface area contributed by atoms with Crippen molar-refractivity contribution in [3.8, 4) is 0 Å². The minimum atomic E-state index is -0.536. The van der Waals surface area contributed by atoms with Crippen molar-refractivity contribution >= 4 is 41.6 Å². The molecule has 3 N–H and O–H groups in total. The molecule has 0 spiro atoms. The lowest BCUT2D eigenvalue weighted by Gasteiger charge is -2.21. The number of aromatic amines is 1. The van der Waals surface area contributed by atoms with Crippen molar-refractivity contribution in [3.63, 3.8) is 0 Å². The highest BCUT2D eigenvalue weighted by atomic mass is 35.5. The van der Waals surface area contributed by atoms with Gasteiger partial charge < -0.3 is 15.6 Å². The summed E-state index contributed by atoms with van der Waals surface area (Å²) in [6.07, 6.45) is 6.79. The number of carbonyl (C=O) groups excluding carboxylic acids is 1. The molecule has 0 aliphatic carbocycles. The quantitative estimate of drug-likeness (QED) is 0.674. The Kier molecular flexibility index (Phi) is 8.58. The number of pyridine rings is 1. The molecular weight excluding hydrogens is 371 g/mol. The molecule has 2 heterocycles. The minimum Gasteiger partial charge on any atom is -0.361 e. The third-order valence-corrected chi connectivity index (χ3v) is 4.29. The number of fused-ring (bicyclic) bond motifs is 1. The van der Waals surface area contributed by atoms with Gasteiger partial charge in [0.25, 0.3) is 0 Å². The monoisotopic (exact) mass is 394 g/mol. The lowest BCUT2D eigenvalue weighted by molar-refractivity contribution is -0.131. The zero-order chi connectivity index (χ0) is 16.9. The molecule has 3 rings (SSSR count). The number of hydrogen-bond acceptors (Lipinski definition) is 3. The summed E-state index contributed by atoms with van der Waals surface area (Å²) in [5.41, 5.74) is 9.46. The van der Waals surface area contributed by atoms with E-state index in [0.29, 0.717) is 13.0 Å². The maximum absolute atomic E-state index is 12.5. The second-order valence-electron chi connectivity index (χ2n) is 6.04. The van der Waals surface area contributed by atoms with Gasteiger partial charge in [-0.2, -0.15) is 0 Å². The SMILES string of the molecule is CN(CCc1ccncc1)C(=O)[C@@H](N)Cc1c[nH]c2ccccc12.Cl.Cl. The molecule has 0 aliphatic rings. The van der Waals surface area contributed by atoms with Gasteiger partial charge in [0.2, 0.25) is 5.91 Å². The van der Waals surface area contributed by atoms with Gasteiger partial charge in [-0.25, -0.2) is 0 Å². The molecule has 0 radical (unpaired) electrons. The Morgan fingerprint density at radius 2 is 1.88 bits per heavy atom. The highest BCUT2D eigenvalue weighted by molar-refractivity contribution is 5.86. The molecule has 0 bridgehead atoms. The molecule has 140 valence electrons. The van der Waals surface area contributed by atoms with Gasteiger partial charge in [0.15, 0.2) is 0 Å². The van der Waals surface area contributed by atoms with Crippen molar-refractivity contribution in [1.29, 1.82) is 0 Å². The number of H-pyrrole nitrogens is 1. The Labute approximate surface area is 165 Å². The number of rotatable bonds is 6. The number of halogens is 2. The molecule has 0 aliphatic heterocycles. The van der Waals surface area contributed by atoms with Crippen molar-refractivity contribution < 1.29 is 4.79 Å². The van der Waals surface area contributed by atoms with Crippen LogP contribution in [0, 0.1) is 0 Å². The zero-order valence-electron chi connectivity index (χ0n) is 14.6. The molecule has 0 saturated heterocycles. The highest BCUT2D eigenvalue weighted by Crippen LogP contribution is 2.19. The van der Waals surface area contributed by atoms with E-state index in [1.165, 1.54) is 0 Å². The number of para-hydroxylation sites is 1. The predicted octanol–water partition coefficient (Wildman–Crippen LogP) is 2.98. The van der Waals surface area contributed by atoms with E-state index in [0.717, 1.165) is 28.5 Å². The molecule has 0 unspecified atom stereocenters. The van der Waals surface area contributed by atoms with Crippen LogP contribution in [0.5, 0.6) is 0 Å². The van der Waals surface area contributed by atoms with Gasteiger partial charge in [-0.1, -0.05) is 18.2 Å². The van der Waals surface area contributed by atoms with Crippen molar-refractivity contribution in [3.05, 3.63) is 66.1 Å². The summed E-state index contributed by atoms with van der Waals surface area (Å²) < 4.78 is 0. The molecule has 7 heteroatoms. The van der Waals surface area contributed by atoms with Gasteiger partial charge in [0.1, 0.15) is 0 Å². The average molecular weight is 395 g/mol. The molecular formula is C19H24Cl2N4O. The van der Waals surface area contributed by atoms with Gasteiger partial charge in [-0.15, -0.1) is 24.8 Å². The van der Waals surface area contributed by atoms with E-state index in [2.05, 4.69) is 9.97 Å². The lowest BCUT2D eigenvalue weighted by Crippen LogP contribution is -2.43. The smallest absolute Gasteiger partial charge is 0.239 e. The topological polar surface area (TPSA) is 75.0 Å². The summed E-state index contributed by atoms with van der Waals surface area (Å²) in [6, 6.07) is 11.4. The van der Waals surface area contributed by atoms with Gasteiger partial charge in [0.05, 0.1) is 6.04 Å². The summed E-state index contributed by atoms with van der Waals surface area (Å²) >= 11 is 0. The molecule has 0 saturated carbocycles. The number of nitrogens with zero attached hydrogens (tertiary/aromatic N) is 2. The van der Waals surface area contributed by atoms with Crippen molar-refractivity contribution in [1.82, 2.24) is 14.9 Å². The van der Waals surface area contributed by atoms with Gasteiger partial charge in [-0.05, 0) is 42.2 Å². The van der Waals surface area contributed by atoms with E-state index >= 15 is 0 Å². The first-order chi connectivity index (χ1) is 11.6. The van der Waals surface area contributed by atoms with Crippen molar-refractivity contribution in [2.45, 2.75) is 18.9 Å². The fraction of sp³-hybridized carbons (Fsp3) is 0.263. The maximum atomic E-state index is 12.5. The summed E-state index contributed by atoms with van der Waals surface area (Å²) in [6.45, 7) is 0.643. The molecule has 0 fully saturated rings. The van der Waals surface area contributed by atoms with Crippen LogP contribution >= 0.6 is 24.8 Å². The number of nitrogens with one attached hydrogen (secondary N) is 1. The van der Waals surface area contributed by atoms with E-state index in [-0.39, 0.29) is 30.7 Å². The van der Waals surface area contributed by atoms with Crippen LogP contribution in [0.4, 0.5) is 0 Å². The minimum absolute atomic E-state index is 0. The van der Waals surface area contributed by atoms with Crippen LogP contribution in [-0.4, -0.2) is 40.4 Å². The summed E-state index contributed by atoms with van der Waals surface area (Å²) in [7, 11) is 1.80. The van der Waals surface area contributed by atoms with Crippen LogP contribution in [0.25, 0.3) is 10.9 Å². The Morgan fingerprint density at radius 1 is 1.19 bits per heavy atom. The zero-order valence-corrected chi connectivity index (χ0v) is 16.2. The first kappa shape index (κ1) is 22.0.